The minimum absolute atomic E-state index is 0.199. The van der Waals surface area contributed by atoms with E-state index in [0.717, 1.165) is 45.1 Å². The number of nitrogens with zero attached hydrogens (tertiary/aromatic N) is 1. The van der Waals surface area contributed by atoms with Gasteiger partial charge in [-0.25, -0.2) is 0 Å². The van der Waals surface area contributed by atoms with Crippen LogP contribution < -0.4 is 4.74 Å². The largest absolute Gasteiger partial charge is 0.504 e. The van der Waals surface area contributed by atoms with Gasteiger partial charge in [0.25, 0.3) is 0 Å². The summed E-state index contributed by atoms with van der Waals surface area (Å²) in [6.07, 6.45) is 5.16. The highest BCUT2D eigenvalue weighted by molar-refractivity contribution is 5.94. The highest BCUT2D eigenvalue weighted by Crippen LogP contribution is 2.66. The SMILES string of the molecule is CN1CC[C@]23c4c5ccc(O)c4O[C@H]2C(=O)[C@]2(CCc4ccccc4C2)C[C@H]3[C@H]1C5. The third kappa shape index (κ3) is 1.86. The fraction of sp³-hybridized carbons (Fsp3) is 0.500. The maximum Gasteiger partial charge on any atom is 0.180 e. The quantitative estimate of drug-likeness (QED) is 0.735. The van der Waals surface area contributed by atoms with Gasteiger partial charge in [0.15, 0.2) is 23.4 Å². The average molecular weight is 402 g/mol. The van der Waals surface area contributed by atoms with Crippen LogP contribution in [0.5, 0.6) is 11.5 Å². The zero-order chi connectivity index (χ0) is 20.3. The summed E-state index contributed by atoms with van der Waals surface area (Å²) >= 11 is 0. The molecule has 2 fully saturated rings. The first-order valence-corrected chi connectivity index (χ1v) is 11.4. The third-order valence-corrected chi connectivity index (χ3v) is 9.28. The van der Waals surface area contributed by atoms with Gasteiger partial charge in [-0.1, -0.05) is 30.3 Å². The Kier molecular flexibility index (Phi) is 3.17. The number of piperidine rings is 1. The predicted molar refractivity (Wildman–Crippen MR) is 113 cm³/mol. The van der Waals surface area contributed by atoms with Crippen molar-refractivity contribution in [2.45, 2.75) is 56.1 Å². The number of rotatable bonds is 0. The Labute approximate surface area is 176 Å². The van der Waals surface area contributed by atoms with Crippen molar-refractivity contribution < 1.29 is 14.6 Å². The molecular weight excluding hydrogens is 374 g/mol. The molecule has 30 heavy (non-hydrogen) atoms. The third-order valence-electron chi connectivity index (χ3n) is 9.28. The molecule has 0 amide bonds. The van der Waals surface area contributed by atoms with E-state index in [1.54, 1.807) is 6.07 Å². The molecule has 1 N–H and O–H groups in total. The fourth-order valence-corrected chi connectivity index (χ4v) is 7.88. The Morgan fingerprint density at radius 3 is 2.80 bits per heavy atom. The van der Waals surface area contributed by atoms with Crippen molar-refractivity contribution >= 4 is 5.78 Å². The summed E-state index contributed by atoms with van der Waals surface area (Å²) in [6.45, 7) is 0.985. The summed E-state index contributed by atoms with van der Waals surface area (Å²) in [7, 11) is 2.24. The van der Waals surface area contributed by atoms with Gasteiger partial charge in [-0.3, -0.25) is 4.79 Å². The number of likely N-dealkylation sites (tertiary alicyclic amines) is 1. The Balaban J connectivity index is 1.42. The van der Waals surface area contributed by atoms with Crippen molar-refractivity contribution in [3.8, 4) is 11.5 Å². The van der Waals surface area contributed by atoms with Gasteiger partial charge in [0.1, 0.15) is 0 Å². The minimum Gasteiger partial charge on any atom is -0.504 e. The molecule has 5 atom stereocenters. The van der Waals surface area contributed by atoms with E-state index < -0.39 is 6.10 Å². The van der Waals surface area contributed by atoms with Crippen LogP contribution in [0, 0.1) is 11.3 Å². The van der Waals surface area contributed by atoms with E-state index in [9.17, 15) is 9.90 Å². The van der Waals surface area contributed by atoms with Gasteiger partial charge in [0.05, 0.1) is 0 Å². The molecule has 0 aromatic heterocycles. The maximum atomic E-state index is 14.2. The lowest BCUT2D eigenvalue weighted by atomic mass is 9.45. The first-order valence-electron chi connectivity index (χ1n) is 11.4. The molecule has 4 nitrogen and oxygen atoms in total. The van der Waals surface area contributed by atoms with E-state index in [2.05, 4.69) is 42.3 Å². The fourth-order valence-electron chi connectivity index (χ4n) is 7.88. The molecular formula is C26H27NO3. The van der Waals surface area contributed by atoms with Gasteiger partial charge in [0.2, 0.25) is 0 Å². The summed E-state index contributed by atoms with van der Waals surface area (Å²) < 4.78 is 6.45. The van der Waals surface area contributed by atoms with Crippen LogP contribution in [-0.2, 0) is 29.5 Å². The van der Waals surface area contributed by atoms with Crippen LogP contribution in [0.15, 0.2) is 36.4 Å². The molecule has 2 aliphatic heterocycles. The lowest BCUT2D eigenvalue weighted by molar-refractivity contribution is -0.156. The van der Waals surface area contributed by atoms with Crippen LogP contribution in [0.25, 0.3) is 0 Å². The number of phenols is 1. The number of likely N-dealkylation sites (N-methyl/N-ethyl adjacent to an activating group) is 1. The topological polar surface area (TPSA) is 49.8 Å². The van der Waals surface area contributed by atoms with Crippen molar-refractivity contribution in [1.29, 1.82) is 0 Å². The van der Waals surface area contributed by atoms with Crippen molar-refractivity contribution in [1.82, 2.24) is 4.90 Å². The number of benzene rings is 2. The second kappa shape index (κ2) is 5.47. The molecule has 7 rings (SSSR count). The molecule has 2 heterocycles. The van der Waals surface area contributed by atoms with Gasteiger partial charge in [-0.2, -0.15) is 0 Å². The van der Waals surface area contributed by atoms with Crippen LogP contribution in [0.3, 0.4) is 0 Å². The van der Waals surface area contributed by atoms with E-state index in [4.69, 9.17) is 4.74 Å². The zero-order valence-electron chi connectivity index (χ0n) is 17.4. The molecule has 2 bridgehead atoms. The molecule has 2 aromatic rings. The molecule has 1 saturated heterocycles. The number of phenolic OH excluding ortho intramolecular Hbond substituents is 1. The van der Waals surface area contributed by atoms with Crippen molar-refractivity contribution in [3.05, 3.63) is 58.7 Å². The number of aromatic hydroxyl groups is 1. The highest BCUT2D eigenvalue weighted by Gasteiger charge is 2.70. The summed E-state index contributed by atoms with van der Waals surface area (Å²) in [6, 6.07) is 12.9. The van der Waals surface area contributed by atoms with E-state index in [-0.39, 0.29) is 16.6 Å². The molecule has 3 aliphatic carbocycles. The summed E-state index contributed by atoms with van der Waals surface area (Å²) in [4.78, 5) is 16.7. The summed E-state index contributed by atoms with van der Waals surface area (Å²) in [5.41, 5.74) is 4.59. The van der Waals surface area contributed by atoms with Gasteiger partial charge in [-0.05, 0) is 80.8 Å². The molecule has 5 aliphatic rings. The van der Waals surface area contributed by atoms with Crippen molar-refractivity contribution in [2.75, 3.05) is 13.6 Å². The van der Waals surface area contributed by atoms with Crippen molar-refractivity contribution in [3.63, 3.8) is 0 Å². The molecule has 0 unspecified atom stereocenters. The molecule has 2 aromatic carbocycles. The number of ketones is 1. The first-order chi connectivity index (χ1) is 14.5. The number of Topliss-reactive ketones (excluding diaryl/α,β-unsaturated/α-hetero) is 1. The molecule has 1 saturated carbocycles. The minimum atomic E-state index is -0.444. The lowest BCUT2D eigenvalue weighted by Crippen LogP contribution is -2.69. The van der Waals surface area contributed by atoms with Crippen LogP contribution in [-0.4, -0.2) is 41.5 Å². The predicted octanol–water partition coefficient (Wildman–Crippen LogP) is 3.42. The van der Waals surface area contributed by atoms with Gasteiger partial charge < -0.3 is 14.7 Å². The van der Waals surface area contributed by atoms with E-state index in [1.165, 1.54) is 22.3 Å². The van der Waals surface area contributed by atoms with E-state index >= 15 is 0 Å². The van der Waals surface area contributed by atoms with Gasteiger partial charge >= 0.3 is 0 Å². The maximum absolute atomic E-state index is 14.2. The molecule has 4 heteroatoms. The lowest BCUT2D eigenvalue weighted by Gasteiger charge is -2.61. The Hall–Kier alpha value is -2.33. The van der Waals surface area contributed by atoms with Crippen LogP contribution in [0.2, 0.25) is 0 Å². The number of carbonyl (C=O) groups is 1. The second-order valence-corrected chi connectivity index (χ2v) is 10.4. The molecule has 0 radical (unpaired) electrons. The second-order valence-electron chi connectivity index (χ2n) is 10.4. The number of fused-ring (bicyclic) bond motifs is 1. The number of hydrogen-bond acceptors (Lipinski definition) is 4. The van der Waals surface area contributed by atoms with Crippen LogP contribution in [0.4, 0.5) is 0 Å². The molecule has 154 valence electrons. The first kappa shape index (κ1) is 17.4. The van der Waals surface area contributed by atoms with E-state index in [0.29, 0.717) is 23.5 Å². The Morgan fingerprint density at radius 1 is 1.10 bits per heavy atom. The zero-order valence-corrected chi connectivity index (χ0v) is 17.4. The van der Waals surface area contributed by atoms with Crippen LogP contribution in [0.1, 0.15) is 41.5 Å². The summed E-state index contributed by atoms with van der Waals surface area (Å²) in [5, 5.41) is 10.6. The number of hydrogen-bond donors (Lipinski definition) is 1. The number of ether oxygens (including phenoxy) is 1. The highest BCUT2D eigenvalue weighted by atomic mass is 16.5. The Morgan fingerprint density at radius 2 is 1.93 bits per heavy atom. The van der Waals surface area contributed by atoms with Gasteiger partial charge in [-0.15, -0.1) is 0 Å². The van der Waals surface area contributed by atoms with Crippen molar-refractivity contribution in [2.24, 2.45) is 11.3 Å². The molecule has 2 spiro atoms. The number of carbonyl (C=O) groups excluding carboxylic acids is 1. The van der Waals surface area contributed by atoms with E-state index in [1.807, 2.05) is 0 Å². The standard InChI is InChI=1S/C26H27NO3/c1-27-11-10-26-18-14-25(9-8-15-4-2-3-5-17(15)13-25)23(29)24(26)30-22-20(28)7-6-16(21(22)26)12-19(18)27/h2-7,18-19,24,28H,8-14H2,1H3/t18-,19+,24-,25-,26-/m0/s1. The number of aryl methyl sites for hydroxylation is 1. The summed E-state index contributed by atoms with van der Waals surface area (Å²) in [5.74, 6) is 1.50. The smallest absolute Gasteiger partial charge is 0.180 e. The van der Waals surface area contributed by atoms with Gasteiger partial charge in [0, 0.05) is 22.4 Å². The average Bonchev–Trinajstić information content (AvgIpc) is 3.11. The monoisotopic (exact) mass is 401 g/mol. The Bertz CT molecular complexity index is 1110. The normalized spacial score (nSPS) is 38.2. The van der Waals surface area contributed by atoms with Crippen LogP contribution >= 0.6 is 0 Å².